The van der Waals surface area contributed by atoms with Crippen LogP contribution in [0.1, 0.15) is 8.35 Å². The first-order valence-electron chi connectivity index (χ1n) is 3.92. The van der Waals surface area contributed by atoms with Crippen LogP contribution in [0.15, 0.2) is 35.4 Å². The van der Waals surface area contributed by atoms with Gasteiger partial charge in [0.1, 0.15) is 5.71 Å². The molecule has 0 amide bonds. The Morgan fingerprint density at radius 1 is 1.29 bits per heavy atom. The lowest BCUT2D eigenvalue weighted by Crippen LogP contribution is -2.20. The van der Waals surface area contributed by atoms with Gasteiger partial charge in [0.15, 0.2) is 0 Å². The van der Waals surface area contributed by atoms with Crippen molar-refractivity contribution in [1.82, 2.24) is 0 Å². The van der Waals surface area contributed by atoms with Crippen LogP contribution >= 0.6 is 0 Å². The van der Waals surface area contributed by atoms with Crippen LogP contribution in [0.25, 0.3) is 0 Å². The fourth-order valence-corrected chi connectivity index (χ4v) is 0.724. The minimum absolute atomic E-state index is 0. The van der Waals surface area contributed by atoms with E-state index >= 15 is 0 Å². The minimum Gasteiger partial charge on any atom is -0.278 e. The van der Waals surface area contributed by atoms with E-state index in [-0.39, 0.29) is 1.43 Å². The van der Waals surface area contributed by atoms with E-state index in [4.69, 9.17) is 0 Å². The molecule has 0 saturated heterocycles. The minimum atomic E-state index is -4.37. The van der Waals surface area contributed by atoms with Gasteiger partial charge in [-0.05, 0) is 19.1 Å². The summed E-state index contributed by atoms with van der Waals surface area (Å²) in [5.74, 6) is 0. The van der Waals surface area contributed by atoms with Crippen molar-refractivity contribution in [1.29, 1.82) is 0 Å². The molecule has 78 valence electrons. The maximum Gasteiger partial charge on any atom is 0.430 e. The second-order valence-electron chi connectivity index (χ2n) is 2.67. The van der Waals surface area contributed by atoms with Crippen molar-refractivity contribution >= 4 is 11.4 Å². The summed E-state index contributed by atoms with van der Waals surface area (Å²) >= 11 is 0. The number of alkyl halides is 3. The Kier molecular flexibility index (Phi) is 3.11. The molecule has 0 aliphatic rings. The van der Waals surface area contributed by atoms with Crippen molar-refractivity contribution in [3.05, 3.63) is 30.3 Å². The third-order valence-corrected chi connectivity index (χ3v) is 1.54. The summed E-state index contributed by atoms with van der Waals surface area (Å²) in [5.41, 5.74) is 1.94. The Morgan fingerprint density at radius 2 is 1.86 bits per heavy atom. The van der Waals surface area contributed by atoms with E-state index in [1.807, 2.05) is 0 Å². The monoisotopic (exact) mass is 205 g/mol. The first kappa shape index (κ1) is 10.6. The van der Waals surface area contributed by atoms with Crippen molar-refractivity contribution in [2.75, 3.05) is 5.43 Å². The van der Waals surface area contributed by atoms with Crippen LogP contribution in [-0.2, 0) is 0 Å². The Morgan fingerprint density at radius 3 is 2.36 bits per heavy atom. The van der Waals surface area contributed by atoms with Gasteiger partial charge in [-0.25, -0.2) is 0 Å². The molecule has 0 radical (unpaired) electrons. The Hall–Kier alpha value is -1.52. The number of para-hydroxylation sites is 1. The van der Waals surface area contributed by atoms with Crippen molar-refractivity contribution in [3.8, 4) is 0 Å². The van der Waals surface area contributed by atoms with Crippen molar-refractivity contribution in [2.45, 2.75) is 13.1 Å². The largest absolute Gasteiger partial charge is 0.430 e. The van der Waals surface area contributed by atoms with Gasteiger partial charge in [-0.3, -0.25) is 5.43 Å². The van der Waals surface area contributed by atoms with E-state index in [0.29, 0.717) is 5.69 Å². The molecule has 0 aliphatic carbocycles. The predicted octanol–water partition coefficient (Wildman–Crippen LogP) is 3.28. The smallest absolute Gasteiger partial charge is 0.278 e. The van der Waals surface area contributed by atoms with E-state index in [2.05, 4.69) is 10.5 Å². The lowest BCUT2D eigenvalue weighted by molar-refractivity contribution is -0.0592. The number of rotatable bonds is 2. The van der Waals surface area contributed by atoms with Crippen LogP contribution < -0.4 is 5.43 Å². The van der Waals surface area contributed by atoms with Crippen molar-refractivity contribution < 1.29 is 14.6 Å². The SMILES string of the molecule is C/C(=N\Nc1ccccc1)C(F)(F)F.[2HH]. The summed E-state index contributed by atoms with van der Waals surface area (Å²) in [7, 11) is 0. The number of benzene rings is 1. The van der Waals surface area contributed by atoms with Crippen LogP contribution in [0, 0.1) is 0 Å². The molecule has 14 heavy (non-hydrogen) atoms. The number of hydrogen-bond acceptors (Lipinski definition) is 2. The van der Waals surface area contributed by atoms with E-state index in [0.717, 1.165) is 6.92 Å². The lowest BCUT2D eigenvalue weighted by Gasteiger charge is -2.05. The van der Waals surface area contributed by atoms with Crippen LogP contribution in [0.4, 0.5) is 18.9 Å². The molecule has 0 spiro atoms. The molecule has 0 aliphatic heterocycles. The quantitative estimate of drug-likeness (QED) is 0.581. The number of anilines is 1. The highest BCUT2D eigenvalue weighted by molar-refractivity contribution is 5.87. The zero-order chi connectivity index (χ0) is 10.6. The highest BCUT2D eigenvalue weighted by Crippen LogP contribution is 2.17. The second-order valence-corrected chi connectivity index (χ2v) is 2.67. The first-order valence-corrected chi connectivity index (χ1v) is 3.92. The molecule has 1 N–H and O–H groups in total. The van der Waals surface area contributed by atoms with E-state index in [1.54, 1.807) is 30.3 Å². The van der Waals surface area contributed by atoms with E-state index in [9.17, 15) is 13.2 Å². The molecule has 2 nitrogen and oxygen atoms in total. The Labute approximate surface area is 80.9 Å². The zero-order valence-corrected chi connectivity index (χ0v) is 7.47. The number of nitrogens with one attached hydrogen (secondary N) is 1. The van der Waals surface area contributed by atoms with Crippen LogP contribution in [0.2, 0.25) is 0 Å². The van der Waals surface area contributed by atoms with Gasteiger partial charge in [-0.1, -0.05) is 18.2 Å². The topological polar surface area (TPSA) is 24.4 Å². The first-order chi connectivity index (χ1) is 6.50. The third kappa shape index (κ3) is 3.08. The average molecular weight is 205 g/mol. The Bertz CT molecular complexity index is 322. The van der Waals surface area contributed by atoms with Gasteiger partial charge in [0.05, 0.1) is 5.69 Å². The van der Waals surface area contributed by atoms with Crippen LogP contribution in [-0.4, -0.2) is 11.9 Å². The molecule has 0 heterocycles. The number of hydrazone groups is 1. The van der Waals surface area contributed by atoms with Crippen molar-refractivity contribution in [2.24, 2.45) is 5.10 Å². The fraction of sp³-hybridized carbons (Fsp3) is 0.222. The summed E-state index contributed by atoms with van der Waals surface area (Å²) in [4.78, 5) is 0. The van der Waals surface area contributed by atoms with E-state index < -0.39 is 11.9 Å². The molecule has 1 aromatic rings. The normalized spacial score (nSPS) is 12.7. The summed E-state index contributed by atoms with van der Waals surface area (Å²) < 4.78 is 35.9. The maximum atomic E-state index is 12.0. The molecule has 0 fully saturated rings. The molecule has 5 heteroatoms. The molecule has 0 aromatic heterocycles. The van der Waals surface area contributed by atoms with Gasteiger partial charge in [0.2, 0.25) is 0 Å². The van der Waals surface area contributed by atoms with Crippen LogP contribution in [0.5, 0.6) is 0 Å². The van der Waals surface area contributed by atoms with Gasteiger partial charge in [0.25, 0.3) is 0 Å². The summed E-state index contributed by atoms with van der Waals surface area (Å²) in [5, 5.41) is 3.21. The van der Waals surface area contributed by atoms with Crippen LogP contribution in [0.3, 0.4) is 0 Å². The molecule has 0 atom stereocenters. The lowest BCUT2D eigenvalue weighted by atomic mass is 10.3. The number of halogens is 3. The standard InChI is InChI=1S/C9H9F3N2.H2/c1-7(9(10,11)12)13-14-8-5-3-2-4-6-8;/h2-6,14H,1H3;1H/b13-7+;/i;1+1. The van der Waals surface area contributed by atoms with Gasteiger partial charge >= 0.3 is 6.18 Å². The predicted molar refractivity (Wildman–Crippen MR) is 51.3 cm³/mol. The van der Waals surface area contributed by atoms with Crippen molar-refractivity contribution in [3.63, 3.8) is 0 Å². The summed E-state index contributed by atoms with van der Waals surface area (Å²) in [6, 6.07) is 8.45. The highest BCUT2D eigenvalue weighted by Gasteiger charge is 2.32. The number of nitrogens with zero attached hydrogens (tertiary/aromatic N) is 1. The summed E-state index contributed by atoms with van der Waals surface area (Å²) in [6.45, 7) is 0.913. The molecule has 0 bridgehead atoms. The third-order valence-electron chi connectivity index (χ3n) is 1.54. The highest BCUT2D eigenvalue weighted by atomic mass is 19.4. The van der Waals surface area contributed by atoms with E-state index in [1.165, 1.54) is 0 Å². The average Bonchev–Trinajstić information content (AvgIpc) is 2.14. The second kappa shape index (κ2) is 4.13. The molecule has 1 rings (SSSR count). The maximum absolute atomic E-state index is 12.0. The Balaban J connectivity index is 0.00000196. The molecular formula is C9H11F3N2. The zero-order valence-electron chi connectivity index (χ0n) is 7.47. The summed E-state index contributed by atoms with van der Waals surface area (Å²) in [6.07, 6.45) is -4.37. The fourth-order valence-electron chi connectivity index (χ4n) is 0.724. The molecule has 0 saturated carbocycles. The molecule has 0 unspecified atom stereocenters. The van der Waals surface area contributed by atoms with Gasteiger partial charge in [-0.15, -0.1) is 0 Å². The molecular weight excluding hydrogens is 193 g/mol. The van der Waals surface area contributed by atoms with Gasteiger partial charge < -0.3 is 0 Å². The molecule has 1 aromatic carbocycles. The van der Waals surface area contributed by atoms with Gasteiger partial charge in [-0.2, -0.15) is 18.3 Å². The number of hydrogen-bond donors (Lipinski definition) is 1. The van der Waals surface area contributed by atoms with Gasteiger partial charge in [0, 0.05) is 1.43 Å².